The van der Waals surface area contributed by atoms with Crippen LogP contribution in [0.5, 0.6) is 0 Å². The van der Waals surface area contributed by atoms with Crippen LogP contribution in [0.25, 0.3) is 0 Å². The van der Waals surface area contributed by atoms with Crippen molar-refractivity contribution in [3.63, 3.8) is 0 Å². The second-order valence-corrected chi connectivity index (χ2v) is 5.48. The van der Waals surface area contributed by atoms with Crippen LogP contribution in [0.2, 0.25) is 0 Å². The maximum Gasteiger partial charge on any atom is 0.215 e. The molecule has 0 bridgehead atoms. The second-order valence-electron chi connectivity index (χ2n) is 4.71. The molecule has 0 spiro atoms. The van der Waals surface area contributed by atoms with Crippen LogP contribution in [0.3, 0.4) is 0 Å². The van der Waals surface area contributed by atoms with Crippen molar-refractivity contribution in [3.05, 3.63) is 32.6 Å². The molecular formula is C12H17N5S2. The van der Waals surface area contributed by atoms with Crippen molar-refractivity contribution in [2.24, 2.45) is 5.10 Å². The van der Waals surface area contributed by atoms with Crippen molar-refractivity contribution in [3.8, 4) is 0 Å². The SMILES string of the molecule is Cc1cc(/C=N\n2c(=S)[nH][nH]c2=S)c(C)n1C(C)C. The van der Waals surface area contributed by atoms with E-state index >= 15 is 0 Å². The van der Waals surface area contributed by atoms with Crippen LogP contribution in [-0.2, 0) is 0 Å². The quantitative estimate of drug-likeness (QED) is 0.673. The van der Waals surface area contributed by atoms with E-state index in [0.29, 0.717) is 15.6 Å². The minimum absolute atomic E-state index is 0.430. The lowest BCUT2D eigenvalue weighted by molar-refractivity contribution is 0.574. The highest BCUT2D eigenvalue weighted by Gasteiger charge is 2.09. The highest BCUT2D eigenvalue weighted by molar-refractivity contribution is 7.72. The van der Waals surface area contributed by atoms with Crippen molar-refractivity contribution >= 4 is 30.7 Å². The Morgan fingerprint density at radius 1 is 1.21 bits per heavy atom. The maximum absolute atomic E-state index is 5.08. The van der Waals surface area contributed by atoms with Gasteiger partial charge in [0.25, 0.3) is 0 Å². The molecule has 2 heterocycles. The van der Waals surface area contributed by atoms with E-state index < -0.39 is 0 Å². The highest BCUT2D eigenvalue weighted by Crippen LogP contribution is 2.18. The standard InChI is InChI=1S/C12H17N5S2/c1-7(2)16-8(3)5-10(9(16)4)6-13-17-11(18)14-15-12(17)19/h5-7H,1-4H3,(H,14,18)(H,15,19)/b13-6-. The number of nitrogens with zero attached hydrogens (tertiary/aromatic N) is 3. The summed E-state index contributed by atoms with van der Waals surface area (Å²) in [6.07, 6.45) is 1.79. The van der Waals surface area contributed by atoms with E-state index in [-0.39, 0.29) is 0 Å². The molecular weight excluding hydrogens is 278 g/mol. The molecule has 0 fully saturated rings. The molecule has 2 aromatic heterocycles. The van der Waals surface area contributed by atoms with Crippen LogP contribution in [0.15, 0.2) is 11.2 Å². The van der Waals surface area contributed by atoms with Gasteiger partial charge in [0.1, 0.15) is 0 Å². The van der Waals surface area contributed by atoms with Gasteiger partial charge in [0.05, 0.1) is 6.21 Å². The average molecular weight is 295 g/mol. The van der Waals surface area contributed by atoms with Crippen molar-refractivity contribution < 1.29 is 0 Å². The topological polar surface area (TPSA) is 53.8 Å². The molecule has 0 saturated heterocycles. The summed E-state index contributed by atoms with van der Waals surface area (Å²) in [6, 6.07) is 2.54. The van der Waals surface area contributed by atoms with Gasteiger partial charge in [-0.2, -0.15) is 9.78 Å². The van der Waals surface area contributed by atoms with Gasteiger partial charge in [0, 0.05) is 23.0 Å². The number of rotatable bonds is 3. The first-order valence-corrected chi connectivity index (χ1v) is 6.86. The molecule has 7 heteroatoms. The summed E-state index contributed by atoms with van der Waals surface area (Å²) in [5.41, 5.74) is 3.48. The van der Waals surface area contributed by atoms with Crippen LogP contribution in [0.1, 0.15) is 36.8 Å². The Morgan fingerprint density at radius 2 is 1.79 bits per heavy atom. The zero-order chi connectivity index (χ0) is 14.2. The average Bonchev–Trinajstić information content (AvgIpc) is 2.78. The fourth-order valence-electron chi connectivity index (χ4n) is 2.26. The summed E-state index contributed by atoms with van der Waals surface area (Å²) in [4.78, 5) is 0. The van der Waals surface area contributed by atoms with Gasteiger partial charge >= 0.3 is 0 Å². The van der Waals surface area contributed by atoms with Gasteiger partial charge in [-0.1, -0.05) is 0 Å². The van der Waals surface area contributed by atoms with E-state index in [9.17, 15) is 0 Å². The molecule has 2 aromatic rings. The van der Waals surface area contributed by atoms with Gasteiger partial charge in [-0.15, -0.1) is 0 Å². The predicted molar refractivity (Wildman–Crippen MR) is 82.1 cm³/mol. The molecule has 0 aromatic carbocycles. The van der Waals surface area contributed by atoms with E-state index in [1.807, 2.05) is 0 Å². The Labute approximate surface area is 122 Å². The molecule has 0 aliphatic heterocycles. The number of hydrogen-bond donors (Lipinski definition) is 2. The van der Waals surface area contributed by atoms with Crippen LogP contribution in [0, 0.1) is 23.4 Å². The summed E-state index contributed by atoms with van der Waals surface area (Å²) in [5.74, 6) is 0. The highest BCUT2D eigenvalue weighted by atomic mass is 32.1. The third-order valence-corrected chi connectivity index (χ3v) is 3.56. The summed E-state index contributed by atoms with van der Waals surface area (Å²) in [7, 11) is 0. The number of aryl methyl sites for hydroxylation is 1. The van der Waals surface area contributed by atoms with E-state index in [2.05, 4.69) is 53.6 Å². The largest absolute Gasteiger partial charge is 0.346 e. The van der Waals surface area contributed by atoms with Crippen molar-refractivity contribution in [1.82, 2.24) is 19.4 Å². The van der Waals surface area contributed by atoms with E-state index in [0.717, 1.165) is 5.56 Å². The lowest BCUT2D eigenvalue weighted by atomic mass is 10.2. The minimum atomic E-state index is 0.430. The molecule has 0 unspecified atom stereocenters. The van der Waals surface area contributed by atoms with Crippen molar-refractivity contribution in [2.45, 2.75) is 33.7 Å². The number of hydrogen-bond acceptors (Lipinski definition) is 3. The van der Waals surface area contributed by atoms with E-state index in [1.54, 1.807) is 6.21 Å². The predicted octanol–water partition coefficient (Wildman–Crippen LogP) is 3.48. The fraction of sp³-hybridized carbons (Fsp3) is 0.417. The van der Waals surface area contributed by atoms with Gasteiger partial charge in [-0.3, -0.25) is 10.2 Å². The summed E-state index contributed by atoms with van der Waals surface area (Å²) in [5, 5.41) is 9.82. The molecule has 0 aliphatic rings. The van der Waals surface area contributed by atoms with Crippen LogP contribution in [0.4, 0.5) is 0 Å². The van der Waals surface area contributed by atoms with Crippen molar-refractivity contribution in [2.75, 3.05) is 0 Å². The number of aromatic nitrogens is 4. The Kier molecular flexibility index (Phi) is 3.86. The fourth-order valence-corrected chi connectivity index (χ4v) is 2.69. The zero-order valence-electron chi connectivity index (χ0n) is 11.4. The molecule has 102 valence electrons. The van der Waals surface area contributed by atoms with Gasteiger partial charge < -0.3 is 4.57 Å². The Balaban J connectivity index is 2.43. The minimum Gasteiger partial charge on any atom is -0.346 e. The van der Waals surface area contributed by atoms with Gasteiger partial charge in [-0.05, 0) is 58.2 Å². The molecule has 0 radical (unpaired) electrons. The van der Waals surface area contributed by atoms with Gasteiger partial charge in [-0.25, -0.2) is 0 Å². The van der Waals surface area contributed by atoms with Crippen molar-refractivity contribution in [1.29, 1.82) is 0 Å². The molecule has 2 rings (SSSR count). The molecule has 0 amide bonds. The number of H-pyrrole nitrogens is 2. The van der Waals surface area contributed by atoms with E-state index in [4.69, 9.17) is 24.4 Å². The maximum atomic E-state index is 5.08. The number of nitrogens with one attached hydrogen (secondary N) is 2. The molecule has 0 saturated carbocycles. The molecule has 5 nitrogen and oxygen atoms in total. The monoisotopic (exact) mass is 295 g/mol. The van der Waals surface area contributed by atoms with Crippen LogP contribution in [-0.4, -0.2) is 25.7 Å². The van der Waals surface area contributed by atoms with Crippen LogP contribution >= 0.6 is 24.4 Å². The van der Waals surface area contributed by atoms with Gasteiger partial charge in [0.2, 0.25) is 9.54 Å². The second kappa shape index (κ2) is 5.26. The first-order chi connectivity index (χ1) is 8.91. The lowest BCUT2D eigenvalue weighted by Crippen LogP contribution is -2.05. The molecule has 0 aliphatic carbocycles. The zero-order valence-corrected chi connectivity index (χ0v) is 13.0. The Hall–Kier alpha value is -1.47. The summed E-state index contributed by atoms with van der Waals surface area (Å²) >= 11 is 10.2. The normalized spacial score (nSPS) is 11.8. The van der Waals surface area contributed by atoms with E-state index in [1.165, 1.54) is 16.1 Å². The summed E-state index contributed by atoms with van der Waals surface area (Å²) in [6.45, 7) is 8.52. The first-order valence-electron chi connectivity index (χ1n) is 6.04. The number of aromatic amines is 2. The lowest BCUT2D eigenvalue weighted by Gasteiger charge is -2.13. The molecule has 19 heavy (non-hydrogen) atoms. The molecule has 2 N–H and O–H groups in total. The first kappa shape index (κ1) is 14.0. The van der Waals surface area contributed by atoms with Crippen LogP contribution < -0.4 is 0 Å². The molecule has 0 atom stereocenters. The summed E-state index contributed by atoms with van der Waals surface area (Å²) < 4.78 is 4.68. The third kappa shape index (κ3) is 2.62. The Morgan fingerprint density at radius 3 is 2.26 bits per heavy atom. The smallest absolute Gasteiger partial charge is 0.215 e. The Bertz CT molecular complexity index is 699. The third-order valence-electron chi connectivity index (χ3n) is 3.01. The van der Waals surface area contributed by atoms with Gasteiger partial charge in [0.15, 0.2) is 0 Å².